The Morgan fingerprint density at radius 1 is 1.35 bits per heavy atom. The van der Waals surface area contributed by atoms with Crippen LogP contribution in [0.4, 0.5) is 4.39 Å². The molecule has 0 N–H and O–H groups in total. The molecule has 1 aromatic rings. The highest BCUT2D eigenvalue weighted by Gasteiger charge is 2.37. The van der Waals surface area contributed by atoms with Gasteiger partial charge in [-0.1, -0.05) is 47.3 Å². The highest BCUT2D eigenvalue weighted by atomic mass is 79.9. The summed E-state index contributed by atoms with van der Waals surface area (Å²) < 4.78 is 14.6. The fourth-order valence-corrected chi connectivity index (χ4v) is 3.84. The minimum atomic E-state index is -0.198. The molecule has 2 rings (SSSR count). The molecule has 0 amide bonds. The molecule has 17 heavy (non-hydrogen) atoms. The molecule has 0 aliphatic heterocycles. The SMILES string of the molecule is CC1(C(Br)c2cc(Cl)c(Br)cc2F)CCCC1. The highest BCUT2D eigenvalue weighted by Crippen LogP contribution is 2.52. The smallest absolute Gasteiger partial charge is 0.128 e. The van der Waals surface area contributed by atoms with E-state index in [9.17, 15) is 4.39 Å². The number of hydrogen-bond acceptors (Lipinski definition) is 0. The van der Waals surface area contributed by atoms with Gasteiger partial charge in [-0.05, 0) is 46.3 Å². The monoisotopic (exact) mass is 382 g/mol. The number of hydrogen-bond donors (Lipinski definition) is 0. The Labute approximate surface area is 123 Å². The van der Waals surface area contributed by atoms with Crippen LogP contribution in [0.15, 0.2) is 16.6 Å². The summed E-state index contributed by atoms with van der Waals surface area (Å²) in [6.45, 7) is 2.22. The predicted molar refractivity (Wildman–Crippen MR) is 77.4 cm³/mol. The lowest BCUT2D eigenvalue weighted by Gasteiger charge is -2.30. The maximum atomic E-state index is 14.0. The van der Waals surface area contributed by atoms with Gasteiger partial charge >= 0.3 is 0 Å². The van der Waals surface area contributed by atoms with E-state index in [-0.39, 0.29) is 16.1 Å². The lowest BCUT2D eigenvalue weighted by molar-refractivity contribution is 0.326. The van der Waals surface area contributed by atoms with Crippen LogP contribution in [0.5, 0.6) is 0 Å². The van der Waals surface area contributed by atoms with Gasteiger partial charge in [-0.2, -0.15) is 0 Å². The van der Waals surface area contributed by atoms with Crippen molar-refractivity contribution >= 4 is 43.5 Å². The first-order chi connectivity index (χ1) is 7.94. The number of alkyl halides is 1. The standard InChI is InChI=1S/C13H14Br2ClF/c1-13(4-2-3-5-13)12(15)8-6-10(16)9(14)7-11(8)17/h6-7,12H,2-5H2,1H3. The molecule has 1 saturated carbocycles. The molecule has 0 spiro atoms. The van der Waals surface area contributed by atoms with Crippen LogP contribution in [0.25, 0.3) is 0 Å². The molecule has 0 radical (unpaired) electrons. The van der Waals surface area contributed by atoms with Crippen LogP contribution in [-0.2, 0) is 0 Å². The van der Waals surface area contributed by atoms with E-state index in [2.05, 4.69) is 38.8 Å². The normalized spacial score (nSPS) is 20.5. The Kier molecular flexibility index (Phi) is 4.21. The second-order valence-corrected chi connectivity index (χ2v) is 7.19. The van der Waals surface area contributed by atoms with E-state index in [4.69, 9.17) is 11.6 Å². The topological polar surface area (TPSA) is 0 Å². The van der Waals surface area contributed by atoms with Crippen LogP contribution in [0, 0.1) is 11.2 Å². The molecule has 1 aliphatic rings. The maximum Gasteiger partial charge on any atom is 0.128 e. The molecule has 1 aliphatic carbocycles. The quantitative estimate of drug-likeness (QED) is 0.417. The lowest BCUT2D eigenvalue weighted by Crippen LogP contribution is -2.18. The Hall–Kier alpha value is 0.400. The Morgan fingerprint density at radius 2 is 1.94 bits per heavy atom. The zero-order valence-electron chi connectivity index (χ0n) is 9.57. The third kappa shape index (κ3) is 2.71. The van der Waals surface area contributed by atoms with Gasteiger partial charge in [0.2, 0.25) is 0 Å². The summed E-state index contributed by atoms with van der Waals surface area (Å²) in [5, 5.41) is 0.562. The molecule has 0 heterocycles. The van der Waals surface area contributed by atoms with Crippen molar-refractivity contribution in [1.82, 2.24) is 0 Å². The zero-order valence-corrected chi connectivity index (χ0v) is 13.5. The van der Waals surface area contributed by atoms with Gasteiger partial charge in [0.15, 0.2) is 0 Å². The summed E-state index contributed by atoms with van der Waals surface area (Å²) in [4.78, 5) is 0.0306. The van der Waals surface area contributed by atoms with Crippen molar-refractivity contribution in [3.63, 3.8) is 0 Å². The first kappa shape index (κ1) is 13.8. The van der Waals surface area contributed by atoms with Crippen LogP contribution in [0.2, 0.25) is 5.02 Å². The Bertz CT molecular complexity index is 428. The average Bonchev–Trinajstić information content (AvgIpc) is 2.71. The van der Waals surface area contributed by atoms with Crippen molar-refractivity contribution < 1.29 is 4.39 Å². The molecule has 1 fully saturated rings. The summed E-state index contributed by atoms with van der Waals surface area (Å²) in [5.74, 6) is -0.198. The third-order valence-electron chi connectivity index (χ3n) is 3.67. The van der Waals surface area contributed by atoms with Gasteiger partial charge in [-0.15, -0.1) is 0 Å². The van der Waals surface area contributed by atoms with Crippen LogP contribution < -0.4 is 0 Å². The molecule has 0 saturated heterocycles. The van der Waals surface area contributed by atoms with Crippen LogP contribution in [0.3, 0.4) is 0 Å². The van der Waals surface area contributed by atoms with Crippen LogP contribution >= 0.6 is 43.5 Å². The lowest BCUT2D eigenvalue weighted by atomic mass is 9.82. The highest BCUT2D eigenvalue weighted by molar-refractivity contribution is 9.10. The second-order valence-electron chi connectivity index (χ2n) is 5.01. The molecule has 0 aromatic heterocycles. The molecule has 0 bridgehead atoms. The number of benzene rings is 1. The minimum absolute atomic E-state index is 0.0306. The van der Waals surface area contributed by atoms with Crippen molar-refractivity contribution in [2.75, 3.05) is 0 Å². The number of rotatable bonds is 2. The van der Waals surface area contributed by atoms with Crippen molar-refractivity contribution in [2.45, 2.75) is 37.4 Å². The van der Waals surface area contributed by atoms with E-state index in [0.717, 1.165) is 12.8 Å². The van der Waals surface area contributed by atoms with Crippen molar-refractivity contribution in [1.29, 1.82) is 0 Å². The maximum absolute atomic E-state index is 14.0. The van der Waals surface area contributed by atoms with E-state index >= 15 is 0 Å². The van der Waals surface area contributed by atoms with E-state index in [0.29, 0.717) is 15.1 Å². The molecule has 0 nitrogen and oxygen atoms in total. The second kappa shape index (κ2) is 5.18. The van der Waals surface area contributed by atoms with Crippen molar-refractivity contribution in [3.8, 4) is 0 Å². The Morgan fingerprint density at radius 3 is 2.53 bits per heavy atom. The summed E-state index contributed by atoms with van der Waals surface area (Å²) >= 11 is 13.0. The average molecular weight is 385 g/mol. The fourth-order valence-electron chi connectivity index (χ4n) is 2.54. The summed E-state index contributed by atoms with van der Waals surface area (Å²) in [7, 11) is 0. The molecular formula is C13H14Br2ClF. The van der Waals surface area contributed by atoms with E-state index in [1.807, 2.05) is 0 Å². The summed E-state index contributed by atoms with van der Waals surface area (Å²) in [6.07, 6.45) is 4.72. The van der Waals surface area contributed by atoms with Crippen LogP contribution in [0.1, 0.15) is 43.0 Å². The van der Waals surface area contributed by atoms with Gasteiger partial charge in [0.1, 0.15) is 5.82 Å². The van der Waals surface area contributed by atoms with E-state index < -0.39 is 0 Å². The molecule has 1 aromatic carbocycles. The first-order valence-corrected chi connectivity index (χ1v) is 7.81. The van der Waals surface area contributed by atoms with E-state index in [1.165, 1.54) is 18.9 Å². The molecule has 1 atom stereocenters. The molecule has 1 unspecified atom stereocenters. The van der Waals surface area contributed by atoms with Gasteiger partial charge in [0, 0.05) is 14.9 Å². The first-order valence-electron chi connectivity index (χ1n) is 5.72. The molecular weight excluding hydrogens is 370 g/mol. The van der Waals surface area contributed by atoms with Crippen LogP contribution in [-0.4, -0.2) is 0 Å². The van der Waals surface area contributed by atoms with Gasteiger partial charge in [0.25, 0.3) is 0 Å². The number of halogens is 4. The van der Waals surface area contributed by atoms with Gasteiger partial charge in [-0.25, -0.2) is 4.39 Å². The van der Waals surface area contributed by atoms with Gasteiger partial charge in [-0.3, -0.25) is 0 Å². The van der Waals surface area contributed by atoms with Crippen molar-refractivity contribution in [2.24, 2.45) is 5.41 Å². The Balaban J connectivity index is 2.36. The third-order valence-corrected chi connectivity index (χ3v) is 6.47. The minimum Gasteiger partial charge on any atom is -0.207 e. The van der Waals surface area contributed by atoms with Crippen molar-refractivity contribution in [3.05, 3.63) is 33.0 Å². The summed E-state index contributed by atoms with van der Waals surface area (Å²) in [5.41, 5.74) is 0.806. The van der Waals surface area contributed by atoms with E-state index in [1.54, 1.807) is 6.07 Å². The van der Waals surface area contributed by atoms with Gasteiger partial charge in [0.05, 0.1) is 5.02 Å². The fraction of sp³-hybridized carbons (Fsp3) is 0.538. The predicted octanol–water partition coefficient (Wildman–Crippen LogP) is 6.26. The zero-order chi connectivity index (χ0) is 12.6. The molecule has 4 heteroatoms. The molecule has 94 valence electrons. The largest absolute Gasteiger partial charge is 0.207 e. The summed E-state index contributed by atoms with van der Waals surface area (Å²) in [6, 6.07) is 3.17. The van der Waals surface area contributed by atoms with Gasteiger partial charge < -0.3 is 0 Å².